The molecule has 1 saturated carbocycles. The molecule has 5 rings (SSSR count). The zero-order chi connectivity index (χ0) is 21.5. The quantitative estimate of drug-likeness (QED) is 0.620. The van der Waals surface area contributed by atoms with Crippen molar-refractivity contribution in [1.82, 2.24) is 4.98 Å². The maximum atomic E-state index is 12.9. The fraction of sp³-hybridized carbons (Fsp3) is 0.304. The van der Waals surface area contributed by atoms with Crippen molar-refractivity contribution in [3.05, 3.63) is 48.0 Å². The summed E-state index contributed by atoms with van der Waals surface area (Å²) in [7, 11) is 1.60. The maximum absolute atomic E-state index is 12.9. The van der Waals surface area contributed by atoms with E-state index in [9.17, 15) is 14.4 Å². The van der Waals surface area contributed by atoms with E-state index < -0.39 is 0 Å². The number of carbonyl (C=O) groups is 3. The molecule has 8 heteroatoms. The Labute approximate surface area is 183 Å². The molecule has 1 N–H and O–H groups in total. The fourth-order valence-corrected chi connectivity index (χ4v) is 5.35. The molecule has 0 radical (unpaired) electrons. The number of methoxy groups -OCH3 is 1. The Kier molecular flexibility index (Phi) is 4.94. The number of ether oxygens (including phenoxy) is 1. The number of aromatic nitrogens is 1. The first kappa shape index (κ1) is 19.7. The van der Waals surface area contributed by atoms with Crippen LogP contribution in [0.2, 0.25) is 0 Å². The molecule has 1 aliphatic heterocycles. The first-order chi connectivity index (χ1) is 15.0. The van der Waals surface area contributed by atoms with E-state index >= 15 is 0 Å². The first-order valence-corrected chi connectivity index (χ1v) is 11.1. The van der Waals surface area contributed by atoms with Gasteiger partial charge in [0.05, 0.1) is 34.8 Å². The van der Waals surface area contributed by atoms with E-state index in [1.807, 2.05) is 18.2 Å². The molecule has 158 valence electrons. The Morgan fingerprint density at radius 2 is 1.84 bits per heavy atom. The van der Waals surface area contributed by atoms with Gasteiger partial charge in [-0.2, -0.15) is 0 Å². The summed E-state index contributed by atoms with van der Waals surface area (Å²) in [4.78, 5) is 44.3. The number of anilines is 2. The summed E-state index contributed by atoms with van der Waals surface area (Å²) in [5.74, 6) is -0.358. The van der Waals surface area contributed by atoms with Gasteiger partial charge in [-0.1, -0.05) is 30.2 Å². The molecular formula is C23H21N3O4S. The third-order valence-electron chi connectivity index (χ3n) is 6.02. The lowest BCUT2D eigenvalue weighted by Gasteiger charge is -2.19. The number of hydrogen-bond donors (Lipinski definition) is 1. The minimum Gasteiger partial charge on any atom is -0.497 e. The minimum absolute atomic E-state index is 0.146. The molecule has 2 aromatic carbocycles. The van der Waals surface area contributed by atoms with Crippen molar-refractivity contribution in [3.8, 4) is 5.75 Å². The lowest BCUT2D eigenvalue weighted by molar-refractivity contribution is -0.122. The largest absolute Gasteiger partial charge is 0.497 e. The summed E-state index contributed by atoms with van der Waals surface area (Å²) in [5.41, 5.74) is 1.58. The molecule has 2 aliphatic rings. The van der Waals surface area contributed by atoms with Crippen LogP contribution in [0.1, 0.15) is 36.0 Å². The first-order valence-electron chi connectivity index (χ1n) is 10.3. The van der Waals surface area contributed by atoms with Crippen molar-refractivity contribution in [3.63, 3.8) is 0 Å². The van der Waals surface area contributed by atoms with E-state index in [-0.39, 0.29) is 29.6 Å². The average molecular weight is 436 g/mol. The summed E-state index contributed by atoms with van der Waals surface area (Å²) in [6.07, 6.45) is 3.47. The highest BCUT2D eigenvalue weighted by Gasteiger charge is 2.48. The van der Waals surface area contributed by atoms with Crippen LogP contribution in [0.3, 0.4) is 0 Å². The monoisotopic (exact) mass is 435 g/mol. The molecule has 31 heavy (non-hydrogen) atoms. The van der Waals surface area contributed by atoms with Crippen molar-refractivity contribution >= 4 is 50.1 Å². The second-order valence-electron chi connectivity index (χ2n) is 7.87. The zero-order valence-electron chi connectivity index (χ0n) is 17.0. The third-order valence-corrected chi connectivity index (χ3v) is 6.96. The van der Waals surface area contributed by atoms with E-state index in [0.29, 0.717) is 16.4 Å². The SMILES string of the molecule is COc1ccc2nc(NC(=O)c3cccc(N4C(=O)C5CCCCC5C4=O)c3)sc2c1. The van der Waals surface area contributed by atoms with Crippen LogP contribution in [-0.2, 0) is 9.59 Å². The number of thiazole rings is 1. The molecule has 2 unspecified atom stereocenters. The second-order valence-corrected chi connectivity index (χ2v) is 8.90. The second kappa shape index (κ2) is 7.77. The molecule has 0 bridgehead atoms. The third kappa shape index (κ3) is 3.46. The Hall–Kier alpha value is -3.26. The summed E-state index contributed by atoms with van der Waals surface area (Å²) in [5, 5.41) is 3.28. The van der Waals surface area contributed by atoms with Crippen molar-refractivity contribution < 1.29 is 19.1 Å². The average Bonchev–Trinajstić information content (AvgIpc) is 3.31. The number of hydrogen-bond acceptors (Lipinski definition) is 6. The maximum Gasteiger partial charge on any atom is 0.257 e. The van der Waals surface area contributed by atoms with Gasteiger partial charge < -0.3 is 4.74 Å². The molecular weight excluding hydrogens is 414 g/mol. The van der Waals surface area contributed by atoms with Crippen LogP contribution < -0.4 is 15.0 Å². The van der Waals surface area contributed by atoms with Crippen LogP contribution in [-0.4, -0.2) is 29.8 Å². The normalized spacial score (nSPS) is 20.7. The van der Waals surface area contributed by atoms with E-state index in [1.54, 1.807) is 31.4 Å². The van der Waals surface area contributed by atoms with Gasteiger partial charge in [0.1, 0.15) is 5.75 Å². The minimum atomic E-state index is -0.343. The van der Waals surface area contributed by atoms with E-state index in [1.165, 1.54) is 16.2 Å². The van der Waals surface area contributed by atoms with Gasteiger partial charge in [-0.25, -0.2) is 4.98 Å². The highest BCUT2D eigenvalue weighted by atomic mass is 32.1. The molecule has 2 heterocycles. The van der Waals surface area contributed by atoms with Gasteiger partial charge in [0.15, 0.2) is 5.13 Å². The van der Waals surface area contributed by atoms with E-state index in [0.717, 1.165) is 41.6 Å². The van der Waals surface area contributed by atoms with Crippen molar-refractivity contribution in [2.45, 2.75) is 25.7 Å². The molecule has 1 saturated heterocycles. The molecule has 1 aromatic heterocycles. The van der Waals surface area contributed by atoms with E-state index in [4.69, 9.17) is 4.74 Å². The number of benzene rings is 2. The van der Waals surface area contributed by atoms with E-state index in [2.05, 4.69) is 10.3 Å². The van der Waals surface area contributed by atoms with Gasteiger partial charge in [-0.05, 0) is 49.2 Å². The summed E-state index contributed by atoms with van der Waals surface area (Å²) >= 11 is 1.35. The molecule has 7 nitrogen and oxygen atoms in total. The van der Waals surface area contributed by atoms with Crippen LogP contribution in [0.4, 0.5) is 10.8 Å². The van der Waals surface area contributed by atoms with Crippen molar-refractivity contribution in [1.29, 1.82) is 0 Å². The molecule has 0 spiro atoms. The smallest absolute Gasteiger partial charge is 0.257 e. The van der Waals surface area contributed by atoms with Gasteiger partial charge in [0, 0.05) is 5.56 Å². The highest BCUT2D eigenvalue weighted by molar-refractivity contribution is 7.22. The Morgan fingerprint density at radius 3 is 2.55 bits per heavy atom. The van der Waals surface area contributed by atoms with Crippen molar-refractivity contribution in [2.24, 2.45) is 11.8 Å². The number of amides is 3. The number of fused-ring (bicyclic) bond motifs is 2. The lowest BCUT2D eigenvalue weighted by Crippen LogP contribution is -2.31. The Balaban J connectivity index is 1.38. The van der Waals surface area contributed by atoms with Crippen LogP contribution >= 0.6 is 11.3 Å². The number of carbonyl (C=O) groups excluding carboxylic acids is 3. The summed E-state index contributed by atoms with van der Waals surface area (Å²) < 4.78 is 6.13. The molecule has 3 amide bonds. The van der Waals surface area contributed by atoms with Crippen molar-refractivity contribution in [2.75, 3.05) is 17.3 Å². The standard InChI is InChI=1S/C23H21N3O4S/c1-30-15-9-10-18-19(12-15)31-23(24-18)25-20(27)13-5-4-6-14(11-13)26-21(28)16-7-2-3-8-17(16)22(26)29/h4-6,9-12,16-17H,2-3,7-8H2,1H3,(H,24,25,27). The topological polar surface area (TPSA) is 88.6 Å². The zero-order valence-corrected chi connectivity index (χ0v) is 17.8. The predicted octanol–water partition coefficient (Wildman–Crippen LogP) is 4.24. The number of nitrogens with one attached hydrogen (secondary N) is 1. The molecule has 1 aliphatic carbocycles. The van der Waals surface area contributed by atoms with Crippen LogP contribution in [0.25, 0.3) is 10.2 Å². The number of imide groups is 1. The number of rotatable bonds is 4. The van der Waals surface area contributed by atoms with Gasteiger partial charge in [-0.3, -0.25) is 24.6 Å². The highest BCUT2D eigenvalue weighted by Crippen LogP contribution is 2.40. The summed E-state index contributed by atoms with van der Waals surface area (Å²) in [6.45, 7) is 0. The van der Waals surface area contributed by atoms with Gasteiger partial charge in [0.2, 0.25) is 11.8 Å². The molecule has 2 fully saturated rings. The molecule has 2 atom stereocenters. The number of nitrogens with zero attached hydrogens (tertiary/aromatic N) is 2. The van der Waals surface area contributed by atoms with Crippen LogP contribution in [0.15, 0.2) is 42.5 Å². The van der Waals surface area contributed by atoms with Gasteiger partial charge in [-0.15, -0.1) is 0 Å². The molecule has 3 aromatic rings. The van der Waals surface area contributed by atoms with Gasteiger partial charge >= 0.3 is 0 Å². The lowest BCUT2D eigenvalue weighted by atomic mass is 9.81. The predicted molar refractivity (Wildman–Crippen MR) is 119 cm³/mol. The van der Waals surface area contributed by atoms with Crippen LogP contribution in [0, 0.1) is 11.8 Å². The summed E-state index contributed by atoms with van der Waals surface area (Å²) in [6, 6.07) is 12.2. The van der Waals surface area contributed by atoms with Crippen LogP contribution in [0.5, 0.6) is 5.75 Å². The Morgan fingerprint density at radius 1 is 1.10 bits per heavy atom. The fourth-order valence-electron chi connectivity index (χ4n) is 4.46. The van der Waals surface area contributed by atoms with Gasteiger partial charge in [0.25, 0.3) is 5.91 Å². The Bertz CT molecular complexity index is 1180.